The van der Waals surface area contributed by atoms with E-state index in [1.807, 2.05) is 7.05 Å². The minimum absolute atomic E-state index is 0.883. The van der Waals surface area contributed by atoms with E-state index in [1.165, 1.54) is 44.9 Å². The van der Waals surface area contributed by atoms with Crippen LogP contribution in [-0.4, -0.2) is 60.8 Å². The molecule has 5 nitrogen and oxygen atoms in total. The second-order valence-electron chi connectivity index (χ2n) is 8.35. The number of carbonyl (C=O) groups is 1. The van der Waals surface area contributed by atoms with Crippen LogP contribution in [-0.2, 0) is 17.1 Å². The molecule has 0 radical (unpaired) electrons. The predicted octanol–water partition coefficient (Wildman–Crippen LogP) is 4.13. The van der Waals surface area contributed by atoms with Crippen molar-refractivity contribution in [1.29, 1.82) is 0 Å². The van der Waals surface area contributed by atoms with Crippen molar-refractivity contribution in [3.8, 4) is 0 Å². The van der Waals surface area contributed by atoms with Gasteiger partial charge in [-0.05, 0) is 52.1 Å². The summed E-state index contributed by atoms with van der Waals surface area (Å²) >= 11 is 0. The molecular weight excluding hydrogens is 407 g/mol. The highest BCUT2D eigenvalue weighted by atomic mass is 28.5. The van der Waals surface area contributed by atoms with Gasteiger partial charge in [0, 0.05) is 19.6 Å². The molecule has 0 bridgehead atoms. The van der Waals surface area contributed by atoms with E-state index in [2.05, 4.69) is 39.3 Å². The minimum atomic E-state index is -2.43. The fourth-order valence-electron chi connectivity index (χ4n) is 3.15. The molecule has 0 aromatic carbocycles. The zero-order valence-electron chi connectivity index (χ0n) is 19.0. The number of rotatable bonds is 18. The van der Waals surface area contributed by atoms with Crippen molar-refractivity contribution < 1.29 is 17.1 Å². The molecular formula is C18H45NO4Si4. The average molecular weight is 452 g/mol. The van der Waals surface area contributed by atoms with Crippen molar-refractivity contribution in [3.63, 3.8) is 0 Å². The summed E-state index contributed by atoms with van der Waals surface area (Å²) in [7, 11) is -4.11. The van der Waals surface area contributed by atoms with Gasteiger partial charge >= 0.3 is 8.80 Å². The molecule has 0 aromatic rings. The van der Waals surface area contributed by atoms with Gasteiger partial charge in [-0.2, -0.15) is 0 Å². The summed E-state index contributed by atoms with van der Waals surface area (Å²) < 4.78 is 19.3. The third-order valence-electron chi connectivity index (χ3n) is 4.17. The first-order valence-electron chi connectivity index (χ1n) is 10.9. The SMILES string of the molecule is CN(C=O)CCCCCCCCCC[Si](O[SiH](C)C)(O[SiH](C)C)O[SiH](C)C. The average Bonchev–Trinajstić information content (AvgIpc) is 2.54. The molecule has 0 aromatic heterocycles. The topological polar surface area (TPSA) is 48.0 Å². The Kier molecular flexibility index (Phi) is 16.2. The van der Waals surface area contributed by atoms with Gasteiger partial charge in [-0.25, -0.2) is 0 Å². The number of unbranched alkanes of at least 4 members (excludes halogenated alkanes) is 7. The van der Waals surface area contributed by atoms with Gasteiger partial charge in [0.25, 0.3) is 0 Å². The third kappa shape index (κ3) is 15.8. The standard InChI is InChI=1S/C18H45NO4Si4/c1-19(18-20)16-14-12-10-8-9-11-13-15-17-27(21-24(2)3,22-25(4)5)23-26(6)7/h18,24-26H,8-17H2,1-7H3. The van der Waals surface area contributed by atoms with Crippen molar-refractivity contribution in [2.45, 2.75) is 96.7 Å². The summed E-state index contributed by atoms with van der Waals surface area (Å²) in [5.41, 5.74) is 0. The Hall–Kier alpha value is 0.218. The maximum atomic E-state index is 10.5. The molecule has 0 atom stereocenters. The molecule has 0 N–H and O–H groups in total. The summed E-state index contributed by atoms with van der Waals surface area (Å²) in [6, 6.07) is 1.01. The fourth-order valence-corrected chi connectivity index (χ4v) is 16.0. The normalized spacial score (nSPS) is 12.4. The zero-order chi connectivity index (χ0) is 20.7. The van der Waals surface area contributed by atoms with E-state index in [0.717, 1.165) is 25.4 Å². The Morgan fingerprint density at radius 2 is 1.07 bits per heavy atom. The molecule has 0 aliphatic heterocycles. The first-order chi connectivity index (χ1) is 12.7. The predicted molar refractivity (Wildman–Crippen MR) is 126 cm³/mol. The van der Waals surface area contributed by atoms with E-state index in [1.54, 1.807) is 4.90 Å². The Labute approximate surface area is 174 Å². The second kappa shape index (κ2) is 16.1. The highest BCUT2D eigenvalue weighted by molar-refractivity contribution is 6.79. The Morgan fingerprint density at radius 1 is 0.704 bits per heavy atom. The lowest BCUT2D eigenvalue weighted by atomic mass is 10.1. The summed E-state index contributed by atoms with van der Waals surface area (Å²) in [6.45, 7) is 14.2. The summed E-state index contributed by atoms with van der Waals surface area (Å²) in [4.78, 5) is 12.3. The summed E-state index contributed by atoms with van der Waals surface area (Å²) in [5.74, 6) is 0. The van der Waals surface area contributed by atoms with E-state index in [0.29, 0.717) is 0 Å². The largest absolute Gasteiger partial charge is 0.468 e. The monoisotopic (exact) mass is 451 g/mol. The van der Waals surface area contributed by atoms with Crippen molar-refractivity contribution in [2.24, 2.45) is 0 Å². The molecule has 0 saturated heterocycles. The number of hydrogen-bond donors (Lipinski definition) is 0. The highest BCUT2D eigenvalue weighted by Gasteiger charge is 2.42. The quantitative estimate of drug-likeness (QED) is 0.178. The van der Waals surface area contributed by atoms with Crippen molar-refractivity contribution in [1.82, 2.24) is 4.90 Å². The Morgan fingerprint density at radius 3 is 1.44 bits per heavy atom. The number of carbonyl (C=O) groups excluding carboxylic acids is 1. The first-order valence-corrected chi connectivity index (χ1v) is 21.2. The van der Waals surface area contributed by atoms with Crippen molar-refractivity contribution in [3.05, 3.63) is 0 Å². The maximum absolute atomic E-state index is 10.5. The Balaban J connectivity index is 4.09. The lowest BCUT2D eigenvalue weighted by Gasteiger charge is -2.35. The van der Waals surface area contributed by atoms with E-state index in [9.17, 15) is 4.79 Å². The smallest absolute Gasteiger partial charge is 0.420 e. The molecule has 1 amide bonds. The molecule has 0 saturated carbocycles. The fraction of sp³-hybridized carbons (Fsp3) is 0.944. The molecule has 0 aliphatic rings. The van der Waals surface area contributed by atoms with Gasteiger partial charge in [0.2, 0.25) is 6.41 Å². The molecule has 0 aliphatic carbocycles. The van der Waals surface area contributed by atoms with Crippen LogP contribution in [0.4, 0.5) is 0 Å². The van der Waals surface area contributed by atoms with Gasteiger partial charge < -0.3 is 17.2 Å². The van der Waals surface area contributed by atoms with Gasteiger partial charge in [0.05, 0.1) is 0 Å². The van der Waals surface area contributed by atoms with Gasteiger partial charge in [-0.3, -0.25) is 4.79 Å². The Bertz CT molecular complexity index is 347. The van der Waals surface area contributed by atoms with Gasteiger partial charge in [-0.1, -0.05) is 38.5 Å². The molecule has 9 heteroatoms. The van der Waals surface area contributed by atoms with E-state index >= 15 is 0 Å². The van der Waals surface area contributed by atoms with Crippen LogP contribution in [0.15, 0.2) is 0 Å². The van der Waals surface area contributed by atoms with Gasteiger partial charge in [0.15, 0.2) is 27.1 Å². The highest BCUT2D eigenvalue weighted by Crippen LogP contribution is 2.23. The van der Waals surface area contributed by atoms with Crippen LogP contribution in [0.5, 0.6) is 0 Å². The minimum Gasteiger partial charge on any atom is -0.420 e. The van der Waals surface area contributed by atoms with E-state index in [4.69, 9.17) is 12.3 Å². The van der Waals surface area contributed by atoms with Gasteiger partial charge in [0.1, 0.15) is 0 Å². The number of nitrogens with zero attached hydrogens (tertiary/aromatic N) is 1. The van der Waals surface area contributed by atoms with Crippen LogP contribution < -0.4 is 0 Å². The van der Waals surface area contributed by atoms with E-state index in [-0.39, 0.29) is 0 Å². The molecule has 0 spiro atoms. The van der Waals surface area contributed by atoms with Crippen LogP contribution in [0.25, 0.3) is 0 Å². The number of hydrogen-bond acceptors (Lipinski definition) is 4. The maximum Gasteiger partial charge on any atom is 0.468 e. The molecule has 0 unspecified atom stereocenters. The molecule has 0 fully saturated rings. The molecule has 162 valence electrons. The van der Waals surface area contributed by atoms with Crippen LogP contribution in [0, 0.1) is 0 Å². The van der Waals surface area contributed by atoms with Gasteiger partial charge in [-0.15, -0.1) is 0 Å². The third-order valence-corrected chi connectivity index (χ3v) is 15.1. The second-order valence-corrected chi connectivity index (χ2v) is 19.3. The van der Waals surface area contributed by atoms with Crippen LogP contribution in [0.2, 0.25) is 45.3 Å². The lowest BCUT2D eigenvalue weighted by molar-refractivity contribution is -0.117. The van der Waals surface area contributed by atoms with Crippen LogP contribution in [0.3, 0.4) is 0 Å². The zero-order valence-corrected chi connectivity index (χ0v) is 23.4. The lowest BCUT2D eigenvalue weighted by Crippen LogP contribution is -2.53. The molecule has 0 heterocycles. The van der Waals surface area contributed by atoms with Crippen molar-refractivity contribution in [2.75, 3.05) is 13.6 Å². The first kappa shape index (κ1) is 27.2. The summed E-state index contributed by atoms with van der Waals surface area (Å²) in [5, 5.41) is 0. The van der Waals surface area contributed by atoms with Crippen molar-refractivity contribution >= 4 is 42.3 Å². The van der Waals surface area contributed by atoms with E-state index < -0.39 is 35.9 Å². The molecule has 27 heavy (non-hydrogen) atoms. The van der Waals surface area contributed by atoms with Crippen LogP contribution >= 0.6 is 0 Å². The number of amides is 1. The van der Waals surface area contributed by atoms with Crippen LogP contribution in [0.1, 0.15) is 51.4 Å². The summed E-state index contributed by atoms with van der Waals surface area (Å²) in [6.07, 6.45) is 10.8. The molecule has 0 rings (SSSR count).